The van der Waals surface area contributed by atoms with Gasteiger partial charge in [0.2, 0.25) is 0 Å². The van der Waals surface area contributed by atoms with Crippen molar-refractivity contribution in [3.63, 3.8) is 0 Å². The normalized spacial score (nSPS) is 11.0. The molecule has 0 heterocycles. The number of benzene rings is 2. The van der Waals surface area contributed by atoms with Gasteiger partial charge in [-0.2, -0.15) is 0 Å². The molecule has 0 spiro atoms. The zero-order valence-corrected chi connectivity index (χ0v) is 16.0. The van der Waals surface area contributed by atoms with Crippen LogP contribution in [0, 0.1) is 0 Å². The maximum atomic E-state index is 12.7. The van der Waals surface area contributed by atoms with Crippen LogP contribution in [0.5, 0.6) is 0 Å². The Morgan fingerprint density at radius 1 is 1.00 bits per heavy atom. The van der Waals surface area contributed by atoms with E-state index >= 15 is 0 Å². The molecule has 0 fully saturated rings. The minimum Gasteiger partial charge on any atom is -0.462 e. The van der Waals surface area contributed by atoms with Crippen LogP contribution < -0.4 is 10.0 Å². The lowest BCUT2D eigenvalue weighted by atomic mass is 10.1. The molecule has 0 bridgehead atoms. The van der Waals surface area contributed by atoms with Crippen LogP contribution in [0.4, 0.5) is 11.4 Å². The Balaban J connectivity index is 2.37. The first kappa shape index (κ1) is 19.8. The van der Waals surface area contributed by atoms with Gasteiger partial charge < -0.3 is 10.1 Å². The number of carbonyl (C=O) groups is 1. The number of hydrogen-bond donors (Lipinski definition) is 2. The Bertz CT molecular complexity index is 862. The predicted molar refractivity (Wildman–Crippen MR) is 103 cm³/mol. The maximum Gasteiger partial charge on any atom is 0.338 e. The van der Waals surface area contributed by atoms with E-state index < -0.39 is 16.0 Å². The van der Waals surface area contributed by atoms with E-state index in [4.69, 9.17) is 4.74 Å². The van der Waals surface area contributed by atoms with Gasteiger partial charge in [-0.25, -0.2) is 13.2 Å². The second kappa shape index (κ2) is 8.71. The number of carbonyl (C=O) groups excluding carboxylic acids is 1. The molecule has 26 heavy (non-hydrogen) atoms. The molecule has 2 aromatic carbocycles. The van der Waals surface area contributed by atoms with Crippen LogP contribution in [0.2, 0.25) is 0 Å². The molecule has 0 unspecified atom stereocenters. The van der Waals surface area contributed by atoms with Crippen molar-refractivity contribution in [3.8, 4) is 0 Å². The molecule has 0 saturated carbocycles. The Labute approximate surface area is 154 Å². The van der Waals surface area contributed by atoms with Crippen molar-refractivity contribution in [1.82, 2.24) is 0 Å². The van der Waals surface area contributed by atoms with Gasteiger partial charge in [-0.1, -0.05) is 19.1 Å². The van der Waals surface area contributed by atoms with Crippen LogP contribution in [0.1, 0.15) is 36.7 Å². The minimum atomic E-state index is -3.78. The topological polar surface area (TPSA) is 84.5 Å². The van der Waals surface area contributed by atoms with E-state index in [0.29, 0.717) is 17.9 Å². The highest BCUT2D eigenvalue weighted by atomic mass is 32.2. The number of nitrogens with one attached hydrogen (secondary N) is 2. The van der Waals surface area contributed by atoms with Gasteiger partial charge in [-0.3, -0.25) is 4.72 Å². The summed E-state index contributed by atoms with van der Waals surface area (Å²) in [5, 5.41) is 3.09. The quantitative estimate of drug-likeness (QED) is 0.687. The van der Waals surface area contributed by atoms with E-state index in [-0.39, 0.29) is 17.1 Å². The van der Waals surface area contributed by atoms with Gasteiger partial charge in [-0.15, -0.1) is 0 Å². The van der Waals surface area contributed by atoms with E-state index in [1.54, 1.807) is 43.3 Å². The summed E-state index contributed by atoms with van der Waals surface area (Å²) in [5.74, 6) is -0.497. The van der Waals surface area contributed by atoms with Crippen LogP contribution in [0.3, 0.4) is 0 Å². The van der Waals surface area contributed by atoms with Crippen molar-refractivity contribution >= 4 is 27.4 Å². The molecular weight excluding hydrogens is 352 g/mol. The predicted octanol–water partition coefficient (Wildman–Crippen LogP) is 3.66. The second-order valence-electron chi connectivity index (χ2n) is 5.61. The molecule has 0 saturated heterocycles. The van der Waals surface area contributed by atoms with Gasteiger partial charge in [0, 0.05) is 6.54 Å². The number of ether oxygens (including phenoxy) is 1. The molecule has 2 N–H and O–H groups in total. The van der Waals surface area contributed by atoms with Gasteiger partial charge in [-0.05, 0) is 56.2 Å². The van der Waals surface area contributed by atoms with Crippen LogP contribution in [0.15, 0.2) is 47.4 Å². The van der Waals surface area contributed by atoms with Gasteiger partial charge >= 0.3 is 5.97 Å². The molecule has 2 aromatic rings. The molecule has 140 valence electrons. The largest absolute Gasteiger partial charge is 0.462 e. The minimum absolute atomic E-state index is 0.165. The third-order valence-electron chi connectivity index (χ3n) is 3.78. The average Bonchev–Trinajstić information content (AvgIpc) is 2.63. The maximum absolute atomic E-state index is 12.7. The summed E-state index contributed by atoms with van der Waals surface area (Å²) in [6, 6.07) is 11.5. The zero-order valence-electron chi connectivity index (χ0n) is 15.2. The Hall–Kier alpha value is -2.54. The highest BCUT2D eigenvalue weighted by molar-refractivity contribution is 7.92. The molecule has 0 aromatic heterocycles. The summed E-state index contributed by atoms with van der Waals surface area (Å²) in [6.45, 7) is 6.48. The number of esters is 1. The van der Waals surface area contributed by atoms with Gasteiger partial charge in [0.25, 0.3) is 10.0 Å². The fraction of sp³-hybridized carbons (Fsp3) is 0.316. The molecule has 0 atom stereocenters. The third-order valence-corrected chi connectivity index (χ3v) is 5.17. The van der Waals surface area contributed by atoms with Crippen LogP contribution >= 0.6 is 0 Å². The summed E-state index contributed by atoms with van der Waals surface area (Å²) >= 11 is 0. The van der Waals surface area contributed by atoms with Crippen LogP contribution in [0.25, 0.3) is 0 Å². The van der Waals surface area contributed by atoms with E-state index in [0.717, 1.165) is 12.0 Å². The lowest BCUT2D eigenvalue weighted by molar-refractivity contribution is 0.0526. The first-order valence-electron chi connectivity index (χ1n) is 8.58. The standard InChI is InChI=1S/C19H24N2O4S/c1-4-14-7-10-16(11-8-14)26(23,24)21-18-13-15(19(22)25-6-3)9-12-17(18)20-5-2/h7-13,20-21H,4-6H2,1-3H3. The molecule has 2 rings (SSSR count). The van der Waals surface area contributed by atoms with Crippen molar-refractivity contribution in [2.45, 2.75) is 32.1 Å². The lowest BCUT2D eigenvalue weighted by Crippen LogP contribution is -2.15. The number of rotatable bonds is 8. The fourth-order valence-electron chi connectivity index (χ4n) is 2.42. The summed E-state index contributed by atoms with van der Waals surface area (Å²) < 4.78 is 33.0. The van der Waals surface area contributed by atoms with E-state index in [1.165, 1.54) is 6.07 Å². The fourth-order valence-corrected chi connectivity index (χ4v) is 3.49. The molecule has 0 radical (unpaired) electrons. The van der Waals surface area contributed by atoms with E-state index in [2.05, 4.69) is 10.0 Å². The first-order valence-corrected chi connectivity index (χ1v) is 10.1. The number of sulfonamides is 1. The summed E-state index contributed by atoms with van der Waals surface area (Å²) in [5.41, 5.74) is 2.24. The molecule has 0 amide bonds. The third kappa shape index (κ3) is 4.76. The van der Waals surface area contributed by atoms with Crippen molar-refractivity contribution in [3.05, 3.63) is 53.6 Å². The SMILES string of the molecule is CCNc1ccc(C(=O)OCC)cc1NS(=O)(=O)c1ccc(CC)cc1. The number of hydrogen-bond acceptors (Lipinski definition) is 5. The highest BCUT2D eigenvalue weighted by Crippen LogP contribution is 2.27. The van der Waals surface area contributed by atoms with E-state index in [9.17, 15) is 13.2 Å². The van der Waals surface area contributed by atoms with Crippen molar-refractivity contribution in [1.29, 1.82) is 0 Å². The van der Waals surface area contributed by atoms with Gasteiger partial charge in [0.05, 0.1) is 28.4 Å². The molecule has 6 nitrogen and oxygen atoms in total. The van der Waals surface area contributed by atoms with E-state index in [1.807, 2.05) is 13.8 Å². The Kier molecular flexibility index (Phi) is 6.63. The lowest BCUT2D eigenvalue weighted by Gasteiger charge is -2.15. The van der Waals surface area contributed by atoms with Crippen molar-refractivity contribution in [2.24, 2.45) is 0 Å². The molecule has 0 aliphatic carbocycles. The Morgan fingerprint density at radius 2 is 1.69 bits per heavy atom. The highest BCUT2D eigenvalue weighted by Gasteiger charge is 2.18. The summed E-state index contributed by atoms with van der Waals surface area (Å²) in [6.07, 6.45) is 0.833. The second-order valence-corrected chi connectivity index (χ2v) is 7.30. The summed E-state index contributed by atoms with van der Waals surface area (Å²) in [7, 11) is -3.78. The average molecular weight is 376 g/mol. The van der Waals surface area contributed by atoms with Gasteiger partial charge in [0.1, 0.15) is 0 Å². The first-order chi connectivity index (χ1) is 12.4. The molecule has 7 heteroatoms. The number of anilines is 2. The van der Waals surface area contributed by atoms with Crippen LogP contribution in [-0.2, 0) is 21.2 Å². The Morgan fingerprint density at radius 3 is 2.27 bits per heavy atom. The van der Waals surface area contributed by atoms with Crippen molar-refractivity contribution < 1.29 is 17.9 Å². The summed E-state index contributed by atoms with van der Waals surface area (Å²) in [4.78, 5) is 12.1. The molecule has 0 aliphatic heterocycles. The zero-order chi connectivity index (χ0) is 19.2. The molecule has 0 aliphatic rings. The van der Waals surface area contributed by atoms with Gasteiger partial charge in [0.15, 0.2) is 0 Å². The monoisotopic (exact) mass is 376 g/mol. The number of aryl methyl sites for hydroxylation is 1. The smallest absolute Gasteiger partial charge is 0.338 e. The molecular formula is C19H24N2O4S. The van der Waals surface area contributed by atoms with Crippen LogP contribution in [-0.4, -0.2) is 27.5 Å². The van der Waals surface area contributed by atoms with Crippen molar-refractivity contribution in [2.75, 3.05) is 23.2 Å².